The number of carbonyl (C=O) groups is 1. The van der Waals surface area contributed by atoms with Gasteiger partial charge in [-0.25, -0.2) is 4.79 Å². The van der Waals surface area contributed by atoms with Crippen molar-refractivity contribution in [2.75, 3.05) is 13.2 Å². The van der Waals surface area contributed by atoms with E-state index in [4.69, 9.17) is 16.3 Å². The highest BCUT2D eigenvalue weighted by Crippen LogP contribution is 2.44. The van der Waals surface area contributed by atoms with Crippen LogP contribution in [0, 0.1) is 0 Å². The number of hydrogen-bond donors (Lipinski definition) is 4. The SMILES string of the molecule is O=C(NCCC(O)C(O)c1ccc(O)c(Cl)c1)OCC1c2ccccc2-c2ccccc21. The molecule has 6 nitrogen and oxygen atoms in total. The topological polar surface area (TPSA) is 99.0 Å². The normalized spacial score (nSPS) is 14.3. The molecule has 3 aromatic rings. The third-order valence-corrected chi connectivity index (χ3v) is 6.03. The molecule has 0 spiro atoms. The fourth-order valence-corrected chi connectivity index (χ4v) is 4.25. The maximum atomic E-state index is 12.2. The molecule has 166 valence electrons. The maximum absolute atomic E-state index is 12.2. The van der Waals surface area contributed by atoms with Gasteiger partial charge in [0.05, 0.1) is 11.1 Å². The molecule has 2 atom stereocenters. The molecule has 4 rings (SSSR count). The summed E-state index contributed by atoms with van der Waals surface area (Å²) in [5, 5.41) is 32.7. The lowest BCUT2D eigenvalue weighted by molar-refractivity contribution is 0.0136. The predicted molar refractivity (Wildman–Crippen MR) is 122 cm³/mol. The first-order valence-corrected chi connectivity index (χ1v) is 10.8. The number of hydrogen-bond acceptors (Lipinski definition) is 5. The van der Waals surface area contributed by atoms with Gasteiger partial charge in [0.15, 0.2) is 0 Å². The van der Waals surface area contributed by atoms with Crippen molar-refractivity contribution < 1.29 is 24.9 Å². The highest BCUT2D eigenvalue weighted by atomic mass is 35.5. The van der Waals surface area contributed by atoms with E-state index in [0.717, 1.165) is 22.3 Å². The van der Waals surface area contributed by atoms with E-state index in [9.17, 15) is 20.1 Å². The second-order valence-corrected chi connectivity index (χ2v) is 8.17. The van der Waals surface area contributed by atoms with Crippen molar-refractivity contribution in [1.29, 1.82) is 0 Å². The largest absolute Gasteiger partial charge is 0.506 e. The minimum atomic E-state index is -1.20. The van der Waals surface area contributed by atoms with Crippen LogP contribution in [0.5, 0.6) is 5.75 Å². The Morgan fingerprint density at radius 2 is 1.62 bits per heavy atom. The molecular formula is C25H24ClNO5. The van der Waals surface area contributed by atoms with E-state index in [0.29, 0.717) is 5.56 Å². The van der Waals surface area contributed by atoms with Gasteiger partial charge in [0.2, 0.25) is 0 Å². The zero-order valence-electron chi connectivity index (χ0n) is 17.2. The van der Waals surface area contributed by atoms with Crippen LogP contribution in [0.2, 0.25) is 5.02 Å². The van der Waals surface area contributed by atoms with Gasteiger partial charge >= 0.3 is 6.09 Å². The quantitative estimate of drug-likeness (QED) is 0.426. The molecule has 32 heavy (non-hydrogen) atoms. The molecule has 2 unspecified atom stereocenters. The van der Waals surface area contributed by atoms with Gasteiger partial charge in [0.1, 0.15) is 18.5 Å². The summed E-state index contributed by atoms with van der Waals surface area (Å²) in [5.74, 6) is -0.131. The van der Waals surface area contributed by atoms with Crippen LogP contribution in [-0.2, 0) is 4.74 Å². The van der Waals surface area contributed by atoms with Crippen LogP contribution in [-0.4, -0.2) is 40.7 Å². The number of carbonyl (C=O) groups excluding carboxylic acids is 1. The number of amides is 1. The molecule has 0 fully saturated rings. The number of phenols is 1. The number of halogens is 1. The number of aliphatic hydroxyl groups excluding tert-OH is 2. The van der Waals surface area contributed by atoms with E-state index in [1.165, 1.54) is 18.2 Å². The molecule has 0 saturated carbocycles. The molecule has 0 aliphatic heterocycles. The molecule has 3 aromatic carbocycles. The lowest BCUT2D eigenvalue weighted by Crippen LogP contribution is -2.30. The number of nitrogens with one attached hydrogen (secondary N) is 1. The van der Waals surface area contributed by atoms with Crippen LogP contribution in [0.3, 0.4) is 0 Å². The van der Waals surface area contributed by atoms with Crippen LogP contribution in [0.25, 0.3) is 11.1 Å². The Bertz CT molecular complexity index is 1070. The Labute approximate surface area is 191 Å². The van der Waals surface area contributed by atoms with E-state index in [-0.39, 0.29) is 36.3 Å². The number of benzene rings is 3. The molecule has 4 N–H and O–H groups in total. The Hall–Kier alpha value is -3.06. The zero-order chi connectivity index (χ0) is 22.7. The average Bonchev–Trinajstić information content (AvgIpc) is 3.12. The molecule has 1 amide bonds. The lowest BCUT2D eigenvalue weighted by Gasteiger charge is -2.19. The van der Waals surface area contributed by atoms with Crippen LogP contribution >= 0.6 is 11.6 Å². The second-order valence-electron chi connectivity index (χ2n) is 7.76. The molecule has 0 aromatic heterocycles. The van der Waals surface area contributed by atoms with Gasteiger partial charge in [-0.2, -0.15) is 0 Å². The Morgan fingerprint density at radius 1 is 1.00 bits per heavy atom. The standard InChI is InChI=1S/C25H24ClNO5/c26-21-13-15(9-10-22(21)28)24(30)23(29)11-12-27-25(31)32-14-20-18-7-3-1-5-16(18)17-6-2-4-8-19(17)20/h1-10,13,20,23-24,28-30H,11-12,14H2,(H,27,31). The molecule has 0 radical (unpaired) electrons. The van der Waals surface area contributed by atoms with Crippen LogP contribution in [0.1, 0.15) is 35.1 Å². The number of phenolic OH excluding ortho intramolecular Hbond substituents is 1. The van der Waals surface area contributed by atoms with Gasteiger partial charge in [-0.15, -0.1) is 0 Å². The Morgan fingerprint density at radius 3 is 2.25 bits per heavy atom. The number of aliphatic hydroxyl groups is 2. The van der Waals surface area contributed by atoms with Gasteiger partial charge in [-0.3, -0.25) is 0 Å². The summed E-state index contributed by atoms with van der Waals surface area (Å²) in [6.45, 7) is 0.331. The lowest BCUT2D eigenvalue weighted by atomic mass is 9.98. The summed E-state index contributed by atoms with van der Waals surface area (Å²) in [7, 11) is 0. The summed E-state index contributed by atoms with van der Waals surface area (Å²) >= 11 is 5.84. The summed E-state index contributed by atoms with van der Waals surface area (Å²) in [6.07, 6.45) is -2.78. The number of fused-ring (bicyclic) bond motifs is 3. The van der Waals surface area contributed by atoms with Crippen molar-refractivity contribution in [3.8, 4) is 16.9 Å². The fraction of sp³-hybridized carbons (Fsp3) is 0.240. The maximum Gasteiger partial charge on any atom is 0.407 e. The minimum Gasteiger partial charge on any atom is -0.506 e. The molecule has 1 aliphatic rings. The molecule has 1 aliphatic carbocycles. The van der Waals surface area contributed by atoms with Crippen molar-refractivity contribution in [3.05, 3.63) is 88.4 Å². The summed E-state index contributed by atoms with van der Waals surface area (Å²) in [5.41, 5.74) is 4.95. The third kappa shape index (κ3) is 4.58. The first-order valence-electron chi connectivity index (χ1n) is 10.4. The van der Waals surface area contributed by atoms with E-state index < -0.39 is 18.3 Å². The summed E-state index contributed by atoms with van der Waals surface area (Å²) in [6, 6.07) is 20.4. The van der Waals surface area contributed by atoms with E-state index in [1.807, 2.05) is 24.3 Å². The van der Waals surface area contributed by atoms with Gasteiger partial charge in [-0.05, 0) is 46.4 Å². The Balaban J connectivity index is 1.28. The monoisotopic (exact) mass is 453 g/mol. The van der Waals surface area contributed by atoms with Gasteiger partial charge in [0.25, 0.3) is 0 Å². The minimum absolute atomic E-state index is 0.0280. The molecule has 0 heterocycles. The first kappa shape index (κ1) is 22.1. The third-order valence-electron chi connectivity index (χ3n) is 5.73. The fourth-order valence-electron chi connectivity index (χ4n) is 4.06. The van der Waals surface area contributed by atoms with Crippen molar-refractivity contribution in [2.24, 2.45) is 0 Å². The molecule has 0 saturated heterocycles. The van der Waals surface area contributed by atoms with Crippen molar-refractivity contribution in [2.45, 2.75) is 24.5 Å². The van der Waals surface area contributed by atoms with E-state index >= 15 is 0 Å². The van der Waals surface area contributed by atoms with Crippen molar-refractivity contribution >= 4 is 17.7 Å². The van der Waals surface area contributed by atoms with Crippen LogP contribution in [0.15, 0.2) is 66.7 Å². The van der Waals surface area contributed by atoms with E-state index in [2.05, 4.69) is 29.6 Å². The number of aromatic hydroxyl groups is 1. The smallest absolute Gasteiger partial charge is 0.407 e. The van der Waals surface area contributed by atoms with Crippen molar-refractivity contribution in [3.63, 3.8) is 0 Å². The highest BCUT2D eigenvalue weighted by Gasteiger charge is 2.29. The molecular weight excluding hydrogens is 430 g/mol. The average molecular weight is 454 g/mol. The summed E-state index contributed by atoms with van der Waals surface area (Å²) in [4.78, 5) is 12.2. The number of rotatable bonds is 7. The zero-order valence-corrected chi connectivity index (χ0v) is 18.0. The Kier molecular flexibility index (Phi) is 6.65. The van der Waals surface area contributed by atoms with Crippen molar-refractivity contribution in [1.82, 2.24) is 5.32 Å². The summed E-state index contributed by atoms with van der Waals surface area (Å²) < 4.78 is 5.46. The van der Waals surface area contributed by atoms with Gasteiger partial charge in [-0.1, -0.05) is 66.2 Å². The number of ether oxygens (including phenoxy) is 1. The molecule has 7 heteroatoms. The van der Waals surface area contributed by atoms with Crippen LogP contribution in [0.4, 0.5) is 4.79 Å². The van der Waals surface area contributed by atoms with Crippen LogP contribution < -0.4 is 5.32 Å². The second kappa shape index (κ2) is 9.61. The number of alkyl carbamates (subject to hydrolysis) is 1. The first-order chi connectivity index (χ1) is 15.5. The molecule has 0 bridgehead atoms. The highest BCUT2D eigenvalue weighted by molar-refractivity contribution is 6.32. The predicted octanol–water partition coefficient (Wildman–Crippen LogP) is 4.37. The van der Waals surface area contributed by atoms with Gasteiger partial charge < -0.3 is 25.4 Å². The van der Waals surface area contributed by atoms with Gasteiger partial charge in [0, 0.05) is 12.5 Å². The van der Waals surface area contributed by atoms with E-state index in [1.54, 1.807) is 0 Å².